The standard InChI is InChI=1S/C11H10BrFN4O3S/c12-7-1-2-10(9(13)3-7)21(19,20)16-8-4-15-17(5-8)6-11(14)18/h1-5,16H,6H2,(H2,14,18). The average molecular weight is 377 g/mol. The lowest BCUT2D eigenvalue weighted by molar-refractivity contribution is -0.118. The molecule has 0 fully saturated rings. The van der Waals surface area contributed by atoms with Gasteiger partial charge in [0, 0.05) is 10.7 Å². The van der Waals surface area contributed by atoms with Crippen molar-refractivity contribution in [2.24, 2.45) is 5.73 Å². The van der Waals surface area contributed by atoms with Gasteiger partial charge in [-0.1, -0.05) is 15.9 Å². The zero-order valence-corrected chi connectivity index (χ0v) is 12.9. The van der Waals surface area contributed by atoms with Crippen molar-refractivity contribution in [3.8, 4) is 0 Å². The number of halogens is 2. The summed E-state index contributed by atoms with van der Waals surface area (Å²) in [6.07, 6.45) is 2.47. The highest BCUT2D eigenvalue weighted by Gasteiger charge is 2.20. The number of anilines is 1. The Bertz CT molecular complexity index is 791. The Morgan fingerprint density at radius 2 is 2.19 bits per heavy atom. The Morgan fingerprint density at radius 3 is 2.81 bits per heavy atom. The van der Waals surface area contributed by atoms with Crippen LogP contribution in [0.25, 0.3) is 0 Å². The molecule has 21 heavy (non-hydrogen) atoms. The predicted octanol–water partition coefficient (Wildman–Crippen LogP) is 1.07. The van der Waals surface area contributed by atoms with Gasteiger partial charge >= 0.3 is 0 Å². The fourth-order valence-electron chi connectivity index (χ4n) is 1.57. The first-order valence-electron chi connectivity index (χ1n) is 5.56. The van der Waals surface area contributed by atoms with Crippen LogP contribution in [0.5, 0.6) is 0 Å². The second-order valence-electron chi connectivity index (χ2n) is 4.07. The van der Waals surface area contributed by atoms with Crippen LogP contribution in [0, 0.1) is 5.82 Å². The lowest BCUT2D eigenvalue weighted by Gasteiger charge is -2.07. The summed E-state index contributed by atoms with van der Waals surface area (Å²) in [5.41, 5.74) is 5.09. The monoisotopic (exact) mass is 376 g/mol. The maximum atomic E-state index is 13.7. The van der Waals surface area contributed by atoms with Crippen LogP contribution in [0.3, 0.4) is 0 Å². The molecule has 1 aromatic heterocycles. The Hall–Kier alpha value is -1.94. The molecule has 0 atom stereocenters. The normalized spacial score (nSPS) is 11.3. The molecule has 3 N–H and O–H groups in total. The summed E-state index contributed by atoms with van der Waals surface area (Å²) in [5, 5.41) is 3.76. The summed E-state index contributed by atoms with van der Waals surface area (Å²) in [5.74, 6) is -1.51. The number of nitrogens with two attached hydrogens (primary N) is 1. The first-order chi connectivity index (χ1) is 9.78. The molecule has 1 aromatic carbocycles. The lowest BCUT2D eigenvalue weighted by Crippen LogP contribution is -2.18. The van der Waals surface area contributed by atoms with Crippen LogP contribution in [0.1, 0.15) is 0 Å². The van der Waals surface area contributed by atoms with Gasteiger partial charge in [-0.2, -0.15) is 5.10 Å². The fourth-order valence-corrected chi connectivity index (χ4v) is 2.99. The van der Waals surface area contributed by atoms with E-state index in [0.717, 1.165) is 16.8 Å². The molecule has 0 radical (unpaired) electrons. The lowest BCUT2D eigenvalue weighted by atomic mass is 10.3. The van der Waals surface area contributed by atoms with Crippen LogP contribution in [0.4, 0.5) is 10.1 Å². The van der Waals surface area contributed by atoms with Crippen molar-refractivity contribution in [2.75, 3.05) is 4.72 Å². The van der Waals surface area contributed by atoms with Crippen LogP contribution >= 0.6 is 15.9 Å². The number of benzene rings is 1. The van der Waals surface area contributed by atoms with Gasteiger partial charge in [0.05, 0.1) is 11.9 Å². The Labute approximate surface area is 128 Å². The van der Waals surface area contributed by atoms with Gasteiger partial charge in [0.25, 0.3) is 10.0 Å². The Morgan fingerprint density at radius 1 is 1.48 bits per heavy atom. The van der Waals surface area contributed by atoms with Crippen molar-refractivity contribution in [3.05, 3.63) is 40.9 Å². The maximum absolute atomic E-state index is 13.7. The first kappa shape index (κ1) is 15.4. The molecule has 7 nitrogen and oxygen atoms in total. The van der Waals surface area contributed by atoms with Gasteiger partial charge in [-0.15, -0.1) is 0 Å². The molecule has 2 rings (SSSR count). The van der Waals surface area contributed by atoms with Gasteiger partial charge in [-0.25, -0.2) is 12.8 Å². The Balaban J connectivity index is 2.25. The van der Waals surface area contributed by atoms with Crippen molar-refractivity contribution >= 4 is 37.5 Å². The third-order valence-electron chi connectivity index (χ3n) is 2.39. The number of nitrogens with one attached hydrogen (secondary N) is 1. The molecule has 2 aromatic rings. The van der Waals surface area contributed by atoms with E-state index in [2.05, 4.69) is 25.8 Å². The molecular formula is C11H10BrFN4O3S. The highest BCUT2D eigenvalue weighted by atomic mass is 79.9. The van der Waals surface area contributed by atoms with Crippen molar-refractivity contribution in [1.29, 1.82) is 0 Å². The van der Waals surface area contributed by atoms with E-state index in [1.165, 1.54) is 18.5 Å². The van der Waals surface area contributed by atoms with Crippen LogP contribution in [0.2, 0.25) is 0 Å². The summed E-state index contributed by atoms with van der Waals surface area (Å²) in [6.45, 7) is -0.186. The SMILES string of the molecule is NC(=O)Cn1cc(NS(=O)(=O)c2ccc(Br)cc2F)cn1. The van der Waals surface area contributed by atoms with Gasteiger partial charge < -0.3 is 5.73 Å². The first-order valence-corrected chi connectivity index (χ1v) is 7.84. The zero-order valence-electron chi connectivity index (χ0n) is 10.5. The van der Waals surface area contributed by atoms with E-state index in [9.17, 15) is 17.6 Å². The van der Waals surface area contributed by atoms with Crippen LogP contribution < -0.4 is 10.5 Å². The largest absolute Gasteiger partial charge is 0.368 e. The molecule has 0 saturated carbocycles. The highest BCUT2D eigenvalue weighted by molar-refractivity contribution is 9.10. The third kappa shape index (κ3) is 3.79. The van der Waals surface area contributed by atoms with Crippen LogP contribution in [-0.2, 0) is 21.4 Å². The number of amides is 1. The number of hydrogen-bond donors (Lipinski definition) is 2. The van der Waals surface area contributed by atoms with Crippen molar-refractivity contribution in [2.45, 2.75) is 11.4 Å². The molecule has 0 spiro atoms. The van der Waals surface area contributed by atoms with Gasteiger partial charge in [0.15, 0.2) is 0 Å². The molecule has 10 heteroatoms. The summed E-state index contributed by atoms with van der Waals surface area (Å²) >= 11 is 3.04. The minimum atomic E-state index is -4.09. The molecule has 0 aliphatic heterocycles. The molecule has 0 bridgehead atoms. The number of sulfonamides is 1. The van der Waals surface area contributed by atoms with Gasteiger partial charge in [-0.3, -0.25) is 14.2 Å². The van der Waals surface area contributed by atoms with Crippen LogP contribution in [0.15, 0.2) is 40.0 Å². The number of primary amides is 1. The number of carbonyl (C=O) groups excluding carboxylic acids is 1. The summed E-state index contributed by atoms with van der Waals surface area (Å²) < 4.78 is 41.6. The maximum Gasteiger partial charge on any atom is 0.264 e. The topological polar surface area (TPSA) is 107 Å². The molecular weight excluding hydrogens is 367 g/mol. The second kappa shape index (κ2) is 5.82. The molecule has 1 heterocycles. The third-order valence-corrected chi connectivity index (χ3v) is 4.29. The average Bonchev–Trinajstić information content (AvgIpc) is 2.73. The quantitative estimate of drug-likeness (QED) is 0.813. The van der Waals surface area contributed by atoms with E-state index in [-0.39, 0.29) is 12.2 Å². The molecule has 0 aliphatic carbocycles. The van der Waals surface area contributed by atoms with Gasteiger partial charge in [0.2, 0.25) is 5.91 Å². The van der Waals surface area contributed by atoms with E-state index >= 15 is 0 Å². The van der Waals surface area contributed by atoms with E-state index in [1.807, 2.05) is 0 Å². The summed E-state index contributed by atoms with van der Waals surface area (Å²) in [6, 6.07) is 3.59. The van der Waals surface area contributed by atoms with E-state index in [4.69, 9.17) is 5.73 Å². The van der Waals surface area contributed by atoms with Crippen molar-refractivity contribution < 1.29 is 17.6 Å². The second-order valence-corrected chi connectivity index (χ2v) is 6.64. The van der Waals surface area contributed by atoms with Crippen LogP contribution in [-0.4, -0.2) is 24.1 Å². The molecule has 1 amide bonds. The number of nitrogens with zero attached hydrogens (tertiary/aromatic N) is 2. The number of aromatic nitrogens is 2. The fraction of sp³-hybridized carbons (Fsp3) is 0.0909. The van der Waals surface area contributed by atoms with Gasteiger partial charge in [0.1, 0.15) is 17.3 Å². The highest BCUT2D eigenvalue weighted by Crippen LogP contribution is 2.21. The van der Waals surface area contributed by atoms with Gasteiger partial charge in [-0.05, 0) is 18.2 Å². The molecule has 0 unspecified atom stereocenters. The van der Waals surface area contributed by atoms with E-state index in [0.29, 0.717) is 4.47 Å². The smallest absolute Gasteiger partial charge is 0.264 e. The molecule has 0 saturated heterocycles. The minimum Gasteiger partial charge on any atom is -0.368 e. The Kier molecular flexibility index (Phi) is 4.28. The minimum absolute atomic E-state index is 0.0959. The molecule has 112 valence electrons. The van der Waals surface area contributed by atoms with E-state index < -0.39 is 26.6 Å². The summed E-state index contributed by atoms with van der Waals surface area (Å²) in [7, 11) is -4.09. The number of hydrogen-bond acceptors (Lipinski definition) is 4. The summed E-state index contributed by atoms with van der Waals surface area (Å²) in [4.78, 5) is 10.2. The van der Waals surface area contributed by atoms with Crippen molar-refractivity contribution in [3.63, 3.8) is 0 Å². The number of carbonyl (C=O) groups is 1. The number of rotatable bonds is 5. The predicted molar refractivity (Wildman–Crippen MR) is 76.3 cm³/mol. The van der Waals surface area contributed by atoms with Crippen molar-refractivity contribution in [1.82, 2.24) is 9.78 Å². The zero-order chi connectivity index (χ0) is 15.6. The van der Waals surface area contributed by atoms with E-state index in [1.54, 1.807) is 0 Å². The molecule has 0 aliphatic rings.